The molecule has 0 spiro atoms. The number of carbonyl (C=O) groups excluding carboxylic acids is 1. The maximum Gasteiger partial charge on any atom is 0.341 e. The molecule has 2 aromatic carbocycles. The van der Waals surface area contributed by atoms with Crippen molar-refractivity contribution in [1.29, 1.82) is 0 Å². The van der Waals surface area contributed by atoms with Gasteiger partial charge in [0.1, 0.15) is 5.00 Å². The fourth-order valence-electron chi connectivity index (χ4n) is 3.20. The monoisotopic (exact) mass is 454 g/mol. The maximum absolute atomic E-state index is 12.5. The lowest BCUT2D eigenvalue weighted by atomic mass is 10.1. The fourth-order valence-corrected chi connectivity index (χ4v) is 4.37. The number of aliphatic imine (C=N–C) groups is 1. The number of methoxy groups -OCH3 is 3. The third kappa shape index (κ3) is 4.78. The first kappa shape index (κ1) is 23.0. The van der Waals surface area contributed by atoms with Crippen molar-refractivity contribution in [1.82, 2.24) is 0 Å². The molecule has 1 heterocycles. The van der Waals surface area contributed by atoms with Crippen molar-refractivity contribution in [3.8, 4) is 11.5 Å². The Morgan fingerprint density at radius 3 is 2.38 bits per heavy atom. The Balaban J connectivity index is 2.07. The smallest absolute Gasteiger partial charge is 0.341 e. The quantitative estimate of drug-likeness (QED) is 0.203. The Hall–Kier alpha value is -3.72. The number of thiophene rings is 1. The van der Waals surface area contributed by atoms with E-state index >= 15 is 0 Å². The van der Waals surface area contributed by atoms with Crippen LogP contribution in [0.15, 0.2) is 47.5 Å². The summed E-state index contributed by atoms with van der Waals surface area (Å²) in [6, 6.07) is 12.6. The van der Waals surface area contributed by atoms with E-state index in [0.29, 0.717) is 22.7 Å². The average Bonchev–Trinajstić information content (AvgIpc) is 3.11. The van der Waals surface area contributed by atoms with Crippen LogP contribution in [0.5, 0.6) is 11.5 Å². The number of hydrogen-bond donors (Lipinski definition) is 0. The lowest BCUT2D eigenvalue weighted by Gasteiger charge is -2.08. The summed E-state index contributed by atoms with van der Waals surface area (Å²) < 4.78 is 15.4. The number of ether oxygens (including phenoxy) is 3. The third-order valence-corrected chi connectivity index (χ3v) is 6.07. The Kier molecular flexibility index (Phi) is 7.21. The van der Waals surface area contributed by atoms with Crippen molar-refractivity contribution in [2.24, 2.45) is 4.99 Å². The van der Waals surface area contributed by atoms with Gasteiger partial charge in [-0.1, -0.05) is 30.3 Å². The summed E-state index contributed by atoms with van der Waals surface area (Å²) in [5.41, 5.74) is 2.25. The summed E-state index contributed by atoms with van der Waals surface area (Å²) in [5, 5.41) is 12.0. The summed E-state index contributed by atoms with van der Waals surface area (Å²) in [6.45, 7) is 1.85. The lowest BCUT2D eigenvalue weighted by Crippen LogP contribution is -2.03. The highest BCUT2D eigenvalue weighted by Crippen LogP contribution is 2.38. The molecule has 0 aliphatic rings. The van der Waals surface area contributed by atoms with E-state index in [2.05, 4.69) is 4.99 Å². The van der Waals surface area contributed by atoms with Gasteiger partial charge in [-0.15, -0.1) is 11.3 Å². The van der Waals surface area contributed by atoms with Gasteiger partial charge in [-0.2, -0.15) is 0 Å². The van der Waals surface area contributed by atoms with Crippen molar-refractivity contribution in [2.75, 3.05) is 21.3 Å². The zero-order valence-electron chi connectivity index (χ0n) is 18.1. The number of carbonyl (C=O) groups is 1. The molecule has 0 atom stereocenters. The standard InChI is InChI=1S/C23H22N2O6S/c1-14-20(10-15-8-6-5-7-9-15)32-22(21(14)23(26)31-4)24-13-16-11-18(29-2)19(30-3)12-17(16)25(27)28/h5-9,11-13H,10H2,1-4H3. The van der Waals surface area contributed by atoms with E-state index in [1.54, 1.807) is 0 Å². The maximum atomic E-state index is 12.5. The molecule has 0 unspecified atom stereocenters. The second-order valence-corrected chi connectivity index (χ2v) is 7.85. The van der Waals surface area contributed by atoms with Crippen LogP contribution >= 0.6 is 11.3 Å². The predicted molar refractivity (Wildman–Crippen MR) is 123 cm³/mol. The molecule has 0 amide bonds. The van der Waals surface area contributed by atoms with Crippen LogP contribution in [0.1, 0.15) is 31.9 Å². The summed E-state index contributed by atoms with van der Waals surface area (Å²) >= 11 is 1.35. The van der Waals surface area contributed by atoms with Crippen LogP contribution < -0.4 is 9.47 Å². The second-order valence-electron chi connectivity index (χ2n) is 6.77. The molecule has 1 aromatic heterocycles. The Labute approximate surface area is 189 Å². The normalized spacial score (nSPS) is 10.9. The number of nitro groups is 1. The van der Waals surface area contributed by atoms with Crippen molar-refractivity contribution in [3.63, 3.8) is 0 Å². The van der Waals surface area contributed by atoms with Crippen LogP contribution in [0, 0.1) is 17.0 Å². The van der Waals surface area contributed by atoms with Gasteiger partial charge in [0.25, 0.3) is 5.69 Å². The topological polar surface area (TPSA) is 100 Å². The Morgan fingerprint density at radius 2 is 1.78 bits per heavy atom. The van der Waals surface area contributed by atoms with Gasteiger partial charge in [-0.3, -0.25) is 10.1 Å². The highest BCUT2D eigenvalue weighted by Gasteiger charge is 2.23. The minimum Gasteiger partial charge on any atom is -0.493 e. The molecule has 166 valence electrons. The van der Waals surface area contributed by atoms with Gasteiger partial charge in [0.15, 0.2) is 11.5 Å². The summed E-state index contributed by atoms with van der Waals surface area (Å²) in [6.07, 6.45) is 1.98. The molecule has 0 aliphatic carbocycles. The van der Waals surface area contributed by atoms with Crippen LogP contribution in [0.3, 0.4) is 0 Å². The molecule has 0 fully saturated rings. The minimum absolute atomic E-state index is 0.191. The minimum atomic E-state index is -0.523. The van der Waals surface area contributed by atoms with Crippen LogP contribution in [0.25, 0.3) is 0 Å². The zero-order chi connectivity index (χ0) is 23.3. The Bertz CT molecular complexity index is 1170. The van der Waals surface area contributed by atoms with Crippen LogP contribution in [-0.2, 0) is 11.2 Å². The van der Waals surface area contributed by atoms with E-state index in [4.69, 9.17) is 14.2 Å². The highest BCUT2D eigenvalue weighted by molar-refractivity contribution is 7.16. The molecule has 0 aliphatic heterocycles. The molecule has 3 rings (SSSR count). The predicted octanol–water partition coefficient (Wildman–Crippen LogP) is 5.11. The zero-order valence-corrected chi connectivity index (χ0v) is 18.9. The van der Waals surface area contributed by atoms with E-state index in [9.17, 15) is 14.9 Å². The largest absolute Gasteiger partial charge is 0.493 e. The van der Waals surface area contributed by atoms with Crippen molar-refractivity contribution in [2.45, 2.75) is 13.3 Å². The molecule has 0 N–H and O–H groups in total. The fraction of sp³-hybridized carbons (Fsp3) is 0.217. The first-order valence-electron chi connectivity index (χ1n) is 9.58. The molecular weight excluding hydrogens is 432 g/mol. The summed E-state index contributed by atoms with van der Waals surface area (Å²) in [7, 11) is 4.15. The van der Waals surface area contributed by atoms with Gasteiger partial charge in [-0.05, 0) is 24.1 Å². The Morgan fingerprint density at radius 1 is 1.12 bits per heavy atom. The lowest BCUT2D eigenvalue weighted by molar-refractivity contribution is -0.385. The van der Waals surface area contributed by atoms with Crippen molar-refractivity contribution < 1.29 is 23.9 Å². The van der Waals surface area contributed by atoms with Crippen molar-refractivity contribution in [3.05, 3.63) is 79.7 Å². The van der Waals surface area contributed by atoms with Crippen LogP contribution in [0.4, 0.5) is 10.7 Å². The molecule has 8 nitrogen and oxygen atoms in total. The van der Waals surface area contributed by atoms with Gasteiger partial charge in [-0.25, -0.2) is 9.79 Å². The van der Waals surface area contributed by atoms with E-state index in [-0.39, 0.29) is 17.0 Å². The molecular formula is C23H22N2O6S. The number of esters is 1. The van der Waals surface area contributed by atoms with E-state index in [0.717, 1.165) is 16.0 Å². The number of nitro benzene ring substituents is 1. The first-order chi connectivity index (χ1) is 15.4. The van der Waals surface area contributed by atoms with Crippen molar-refractivity contribution >= 4 is 34.2 Å². The number of benzene rings is 2. The van der Waals surface area contributed by atoms with E-state index < -0.39 is 10.9 Å². The first-order valence-corrected chi connectivity index (χ1v) is 10.4. The number of nitrogens with zero attached hydrogens (tertiary/aromatic N) is 2. The van der Waals surface area contributed by atoms with Crippen LogP contribution in [0.2, 0.25) is 0 Å². The van der Waals surface area contributed by atoms with Gasteiger partial charge in [0.05, 0.1) is 43.4 Å². The number of hydrogen-bond acceptors (Lipinski definition) is 8. The van der Waals surface area contributed by atoms with E-state index in [1.165, 1.54) is 51.0 Å². The third-order valence-electron chi connectivity index (χ3n) is 4.87. The van der Waals surface area contributed by atoms with Gasteiger partial charge in [0, 0.05) is 17.5 Å². The molecule has 0 saturated heterocycles. The summed E-state index contributed by atoms with van der Waals surface area (Å²) in [5.74, 6) is 0.0654. The van der Waals surface area contributed by atoms with Gasteiger partial charge < -0.3 is 14.2 Å². The molecule has 0 bridgehead atoms. The second kappa shape index (κ2) is 10.1. The van der Waals surface area contributed by atoms with E-state index in [1.807, 2.05) is 37.3 Å². The SMILES string of the molecule is COC(=O)c1c(N=Cc2cc(OC)c(OC)cc2[N+](=O)[O-])sc(Cc2ccccc2)c1C. The molecule has 32 heavy (non-hydrogen) atoms. The highest BCUT2D eigenvalue weighted by atomic mass is 32.1. The summed E-state index contributed by atoms with van der Waals surface area (Å²) in [4.78, 5) is 28.9. The van der Waals surface area contributed by atoms with Crippen LogP contribution in [-0.4, -0.2) is 38.4 Å². The molecule has 0 saturated carbocycles. The average molecular weight is 455 g/mol. The molecule has 9 heteroatoms. The van der Waals surface area contributed by atoms with Gasteiger partial charge in [0.2, 0.25) is 0 Å². The number of rotatable bonds is 8. The molecule has 0 radical (unpaired) electrons. The molecule has 3 aromatic rings. The van der Waals surface area contributed by atoms with Gasteiger partial charge >= 0.3 is 5.97 Å².